The fourth-order valence-electron chi connectivity index (χ4n) is 10.6. The van der Waals surface area contributed by atoms with Crippen molar-refractivity contribution in [1.82, 2.24) is 0 Å². The first kappa shape index (κ1) is 34.8. The Balaban J connectivity index is 1.13. The Hall–Kier alpha value is -7.16. The Morgan fingerprint density at radius 1 is 0.333 bits per heavy atom. The molecule has 1 aromatic heterocycles. The molecule has 0 saturated heterocycles. The molecule has 9 aromatic carbocycles. The van der Waals surface area contributed by atoms with Gasteiger partial charge in [-0.1, -0.05) is 161 Å². The van der Waals surface area contributed by atoms with E-state index in [1.54, 1.807) is 0 Å². The minimum Gasteiger partial charge on any atom is -0.456 e. The molecule has 0 fully saturated rings. The van der Waals surface area contributed by atoms with E-state index < -0.39 is 0 Å². The molecule has 2 aliphatic rings. The van der Waals surface area contributed by atoms with E-state index >= 15 is 0 Å². The molecule has 286 valence electrons. The quantitative estimate of drug-likeness (QED) is 0.173. The van der Waals surface area contributed by atoms with Gasteiger partial charge in [0.25, 0.3) is 0 Å². The van der Waals surface area contributed by atoms with E-state index in [2.05, 4.69) is 221 Å². The van der Waals surface area contributed by atoms with Crippen molar-refractivity contribution in [3.8, 4) is 44.5 Å². The van der Waals surface area contributed by atoms with Crippen LogP contribution in [0.3, 0.4) is 0 Å². The van der Waals surface area contributed by atoms with Crippen molar-refractivity contribution in [2.45, 2.75) is 38.5 Å². The maximum atomic E-state index is 6.62. The number of hydrogen-bond acceptors (Lipinski definition) is 2. The highest BCUT2D eigenvalue weighted by atomic mass is 16.3. The predicted molar refractivity (Wildman–Crippen MR) is 252 cm³/mol. The molecule has 2 nitrogen and oxygen atoms in total. The van der Waals surface area contributed by atoms with Gasteiger partial charge in [-0.05, 0) is 132 Å². The van der Waals surface area contributed by atoms with Gasteiger partial charge in [-0.25, -0.2) is 0 Å². The van der Waals surface area contributed by atoms with Crippen molar-refractivity contribution in [3.63, 3.8) is 0 Å². The normalized spacial score (nSPS) is 14.3. The molecule has 0 amide bonds. The molecule has 2 heteroatoms. The van der Waals surface area contributed by atoms with Crippen molar-refractivity contribution in [2.75, 3.05) is 4.90 Å². The van der Waals surface area contributed by atoms with Gasteiger partial charge in [0.05, 0.1) is 0 Å². The van der Waals surface area contributed by atoms with E-state index in [0.717, 1.165) is 55.7 Å². The Bertz CT molecular complexity index is 3280. The smallest absolute Gasteiger partial charge is 0.136 e. The summed E-state index contributed by atoms with van der Waals surface area (Å²) in [7, 11) is 0. The SMILES string of the molecule is CC1(C)c2ccccc2-c2ccc(N(c3cc(-c4ccccc4)cc(-c4cc5oc6ccccc6c5c5ccccc45)c3)c3ccc4c(c3)C(C)(C)c3ccccc3-4)cc21. The third-order valence-corrected chi connectivity index (χ3v) is 13.6. The number of fused-ring (bicyclic) bond motifs is 11. The second-order valence-corrected chi connectivity index (χ2v) is 17.7. The van der Waals surface area contributed by atoms with E-state index in [1.165, 1.54) is 60.8 Å². The standard InChI is InChI=1S/C58H43NO/c1-57(2)50-23-13-10-19-43(50)45-28-26-39(33-52(45)57)59(40-27-29-46-44-20-11-14-24-51(44)58(3,4)53(46)34-40)41-31-37(36-16-6-5-7-17-36)30-38(32-41)49-35-55-56(47-21-9-8-18-42(47)49)48-22-12-15-25-54(48)60-55/h5-35H,1-4H3. The largest absolute Gasteiger partial charge is 0.456 e. The summed E-state index contributed by atoms with van der Waals surface area (Å²) in [5.74, 6) is 0. The highest BCUT2D eigenvalue weighted by Gasteiger charge is 2.38. The lowest BCUT2D eigenvalue weighted by Gasteiger charge is -2.30. The lowest BCUT2D eigenvalue weighted by molar-refractivity contribution is 0.660. The van der Waals surface area contributed by atoms with Crippen LogP contribution in [0.1, 0.15) is 49.9 Å². The average Bonchev–Trinajstić information content (AvgIpc) is 3.86. The van der Waals surface area contributed by atoms with Crippen molar-refractivity contribution >= 4 is 49.8 Å². The molecule has 0 aliphatic heterocycles. The zero-order valence-electron chi connectivity index (χ0n) is 34.3. The monoisotopic (exact) mass is 769 g/mol. The van der Waals surface area contributed by atoms with E-state index in [-0.39, 0.29) is 10.8 Å². The summed E-state index contributed by atoms with van der Waals surface area (Å²) in [6, 6.07) is 69.5. The lowest BCUT2D eigenvalue weighted by Crippen LogP contribution is -2.18. The zero-order chi connectivity index (χ0) is 40.3. The van der Waals surface area contributed by atoms with Gasteiger partial charge in [0.2, 0.25) is 0 Å². The Morgan fingerprint density at radius 3 is 1.50 bits per heavy atom. The minimum atomic E-state index is -0.146. The average molecular weight is 770 g/mol. The maximum Gasteiger partial charge on any atom is 0.136 e. The summed E-state index contributed by atoms with van der Waals surface area (Å²) in [6.07, 6.45) is 0. The van der Waals surface area contributed by atoms with Crippen molar-refractivity contribution in [1.29, 1.82) is 0 Å². The molecule has 1 heterocycles. The maximum absolute atomic E-state index is 6.62. The summed E-state index contributed by atoms with van der Waals surface area (Å²) in [6.45, 7) is 9.48. The molecule has 0 bridgehead atoms. The van der Waals surface area contributed by atoms with Crippen molar-refractivity contribution < 1.29 is 4.42 Å². The molecule has 0 N–H and O–H groups in total. The fraction of sp³-hybridized carbons (Fsp3) is 0.103. The topological polar surface area (TPSA) is 16.4 Å². The molecule has 2 aliphatic carbocycles. The van der Waals surface area contributed by atoms with Crippen LogP contribution in [-0.4, -0.2) is 0 Å². The first-order chi connectivity index (χ1) is 29.3. The van der Waals surface area contributed by atoms with E-state index in [1.807, 2.05) is 0 Å². The second kappa shape index (κ2) is 12.7. The van der Waals surface area contributed by atoms with Crippen LogP contribution in [0.4, 0.5) is 17.1 Å². The summed E-state index contributed by atoms with van der Waals surface area (Å²) >= 11 is 0. The van der Waals surface area contributed by atoms with E-state index in [0.29, 0.717) is 0 Å². The molecule has 0 radical (unpaired) electrons. The van der Waals surface area contributed by atoms with Gasteiger partial charge in [0.1, 0.15) is 11.2 Å². The molecule has 0 spiro atoms. The predicted octanol–water partition coefficient (Wildman–Crippen LogP) is 16.2. The van der Waals surface area contributed by atoms with Crippen LogP contribution in [0.5, 0.6) is 0 Å². The van der Waals surface area contributed by atoms with Crippen LogP contribution >= 0.6 is 0 Å². The molecule has 12 rings (SSSR count). The Labute approximate surface area is 351 Å². The number of rotatable bonds is 5. The Kier molecular flexibility index (Phi) is 7.36. The minimum absolute atomic E-state index is 0.146. The van der Waals surface area contributed by atoms with Crippen LogP contribution in [-0.2, 0) is 10.8 Å². The summed E-state index contributed by atoms with van der Waals surface area (Å²) in [4.78, 5) is 2.50. The van der Waals surface area contributed by atoms with Crippen molar-refractivity contribution in [3.05, 3.63) is 210 Å². The highest BCUT2D eigenvalue weighted by Crippen LogP contribution is 2.54. The molecule has 0 atom stereocenters. The number of nitrogens with zero attached hydrogens (tertiary/aromatic N) is 1. The van der Waals surface area contributed by atoms with Gasteiger partial charge in [-0.2, -0.15) is 0 Å². The van der Waals surface area contributed by atoms with Gasteiger partial charge >= 0.3 is 0 Å². The third kappa shape index (κ3) is 5.01. The summed E-state index contributed by atoms with van der Waals surface area (Å²) in [5.41, 5.74) is 20.2. The number of hydrogen-bond donors (Lipinski definition) is 0. The first-order valence-corrected chi connectivity index (χ1v) is 21.1. The summed E-state index contributed by atoms with van der Waals surface area (Å²) in [5, 5.41) is 4.70. The zero-order valence-corrected chi connectivity index (χ0v) is 34.3. The third-order valence-electron chi connectivity index (χ3n) is 13.6. The van der Waals surface area contributed by atoms with E-state index in [4.69, 9.17) is 4.42 Å². The fourth-order valence-corrected chi connectivity index (χ4v) is 10.6. The van der Waals surface area contributed by atoms with Gasteiger partial charge < -0.3 is 9.32 Å². The van der Waals surface area contributed by atoms with Gasteiger partial charge in [-0.3, -0.25) is 0 Å². The van der Waals surface area contributed by atoms with Crippen molar-refractivity contribution in [2.24, 2.45) is 0 Å². The van der Waals surface area contributed by atoms with Crippen LogP contribution < -0.4 is 4.90 Å². The van der Waals surface area contributed by atoms with Gasteiger partial charge in [0, 0.05) is 38.7 Å². The molecular weight excluding hydrogens is 727 g/mol. The van der Waals surface area contributed by atoms with Crippen LogP contribution in [0, 0.1) is 0 Å². The first-order valence-electron chi connectivity index (χ1n) is 21.1. The molecule has 0 unspecified atom stereocenters. The molecule has 0 saturated carbocycles. The number of benzene rings is 9. The van der Waals surface area contributed by atoms with E-state index in [9.17, 15) is 0 Å². The van der Waals surface area contributed by atoms with Gasteiger partial charge in [-0.15, -0.1) is 0 Å². The van der Waals surface area contributed by atoms with Crippen LogP contribution in [0.25, 0.3) is 77.2 Å². The number of anilines is 3. The molecular formula is C58H43NO. The second-order valence-electron chi connectivity index (χ2n) is 17.7. The molecule has 60 heavy (non-hydrogen) atoms. The highest BCUT2D eigenvalue weighted by molar-refractivity contribution is 6.22. The number of furan rings is 1. The molecule has 10 aromatic rings. The van der Waals surface area contributed by atoms with Crippen LogP contribution in [0.15, 0.2) is 192 Å². The summed E-state index contributed by atoms with van der Waals surface area (Å²) < 4.78 is 6.62. The lowest BCUT2D eigenvalue weighted by atomic mass is 9.82. The Morgan fingerprint density at radius 2 is 0.850 bits per heavy atom. The number of para-hydroxylation sites is 1. The van der Waals surface area contributed by atoms with Gasteiger partial charge in [0.15, 0.2) is 0 Å². The van der Waals surface area contributed by atoms with Crippen LogP contribution in [0.2, 0.25) is 0 Å².